The van der Waals surface area contributed by atoms with Gasteiger partial charge < -0.3 is 55.9 Å². The zero-order valence-electron chi connectivity index (χ0n) is 28.5. The van der Waals surface area contributed by atoms with E-state index < -0.39 is 59.5 Å². The Morgan fingerprint density at radius 1 is 1.20 bits per heavy atom. The van der Waals surface area contributed by atoms with Gasteiger partial charge in [0, 0.05) is 37.7 Å². The molecule has 16 nitrogen and oxygen atoms in total. The second kappa shape index (κ2) is 14.0. The Labute approximate surface area is 290 Å². The molecule has 5 aliphatic rings. The van der Waals surface area contributed by atoms with Crippen molar-refractivity contribution in [3.8, 4) is 11.5 Å². The van der Waals surface area contributed by atoms with Gasteiger partial charge in [-0.1, -0.05) is 6.07 Å². The first-order valence-corrected chi connectivity index (χ1v) is 17.2. The van der Waals surface area contributed by atoms with Gasteiger partial charge in [-0.2, -0.15) is 0 Å². The summed E-state index contributed by atoms with van der Waals surface area (Å²) < 4.78 is 18.5. The number of guanidine groups is 1. The van der Waals surface area contributed by atoms with Crippen molar-refractivity contribution in [2.24, 2.45) is 5.73 Å². The van der Waals surface area contributed by atoms with E-state index in [1.54, 1.807) is 18.1 Å². The maximum atomic E-state index is 13.9. The fourth-order valence-electron chi connectivity index (χ4n) is 8.72. The number of hydrogen-bond acceptors (Lipinski definition) is 10. The number of amides is 3. The summed E-state index contributed by atoms with van der Waals surface area (Å²) in [6.45, 7) is 1.52. The van der Waals surface area contributed by atoms with Crippen molar-refractivity contribution >= 4 is 29.8 Å². The molecule has 3 heterocycles. The first-order valence-electron chi connectivity index (χ1n) is 17.2. The molecule has 8 N–H and O–H groups in total. The minimum absolute atomic E-state index is 0.0909. The third-order valence-corrected chi connectivity index (χ3v) is 11.1. The molecule has 2 aliphatic carbocycles. The van der Waals surface area contributed by atoms with Gasteiger partial charge in [0.1, 0.15) is 18.2 Å². The van der Waals surface area contributed by atoms with Crippen LogP contribution < -0.4 is 31.2 Å². The highest BCUT2D eigenvalue weighted by molar-refractivity contribution is 5.96. The Hall–Kier alpha value is -4.57. The number of nitrogens with two attached hydrogens (primary N) is 1. The number of carbonyl (C=O) groups is 4. The number of carboxylic acid groups (broad SMARTS) is 1. The van der Waals surface area contributed by atoms with E-state index in [9.17, 15) is 24.3 Å². The van der Waals surface area contributed by atoms with Crippen LogP contribution in [0.25, 0.3) is 0 Å². The molecule has 2 bridgehead atoms. The van der Waals surface area contributed by atoms with E-state index >= 15 is 0 Å². The van der Waals surface area contributed by atoms with E-state index in [0.717, 1.165) is 30.5 Å². The molecule has 1 aromatic rings. The van der Waals surface area contributed by atoms with Crippen LogP contribution in [0, 0.1) is 5.41 Å². The number of aliphatic hydroxyl groups is 1. The molecule has 2 saturated heterocycles. The largest absolute Gasteiger partial charge is 0.493 e. The molecule has 16 heteroatoms. The van der Waals surface area contributed by atoms with Crippen LogP contribution in [-0.4, -0.2) is 120 Å². The van der Waals surface area contributed by atoms with Crippen molar-refractivity contribution in [2.75, 3.05) is 40.3 Å². The molecule has 6 rings (SSSR count). The second-order valence-electron chi connectivity index (χ2n) is 13.9. The molecule has 0 radical (unpaired) electrons. The molecule has 1 unspecified atom stereocenters. The molecule has 1 spiro atoms. The van der Waals surface area contributed by atoms with E-state index in [1.807, 2.05) is 19.2 Å². The van der Waals surface area contributed by atoms with E-state index in [2.05, 4.69) is 20.9 Å². The lowest BCUT2D eigenvalue weighted by molar-refractivity contribution is -0.163. The van der Waals surface area contributed by atoms with E-state index in [1.165, 1.54) is 0 Å². The summed E-state index contributed by atoms with van der Waals surface area (Å²) in [5, 5.41) is 36.7. The normalized spacial score (nSPS) is 28.3. The zero-order chi connectivity index (χ0) is 35.8. The lowest BCUT2D eigenvalue weighted by Gasteiger charge is -2.61. The topological polar surface area (TPSA) is 229 Å². The van der Waals surface area contributed by atoms with Crippen molar-refractivity contribution in [1.29, 1.82) is 5.41 Å². The third kappa shape index (κ3) is 6.19. The SMILES string of the molecule is COc1ccc2c3c1O[C@H]1C(OC(=O)N4CCCCC4CNC(=O)[C@H](CCCNC(=N)N)NC(=O)CC(=O)O)=CC[C@@]4(O)[C@@H](C2)N(C)CC[C@]314. The Bertz CT molecular complexity index is 1590. The molecule has 2 fully saturated rings. The van der Waals surface area contributed by atoms with Crippen molar-refractivity contribution in [2.45, 2.75) is 93.0 Å². The summed E-state index contributed by atoms with van der Waals surface area (Å²) in [6, 6.07) is 2.36. The predicted molar refractivity (Wildman–Crippen MR) is 179 cm³/mol. The first kappa shape index (κ1) is 35.3. The monoisotopic (exact) mass is 697 g/mol. The highest BCUT2D eigenvalue weighted by atomic mass is 16.6. The molecule has 0 saturated carbocycles. The summed E-state index contributed by atoms with van der Waals surface area (Å²) in [5.74, 6) is -1.37. The zero-order valence-corrected chi connectivity index (χ0v) is 28.5. The van der Waals surface area contributed by atoms with Gasteiger partial charge in [-0.25, -0.2) is 4.79 Å². The molecule has 3 aliphatic heterocycles. The average Bonchev–Trinajstić information content (AvgIpc) is 3.43. The van der Waals surface area contributed by atoms with E-state index in [0.29, 0.717) is 49.5 Å². The number of likely N-dealkylation sites (N-methyl/N-ethyl adjacent to an activating group) is 1. The van der Waals surface area contributed by atoms with Gasteiger partial charge >= 0.3 is 12.1 Å². The molecule has 1 aromatic carbocycles. The van der Waals surface area contributed by atoms with Gasteiger partial charge in [0.15, 0.2) is 23.6 Å². The number of rotatable bonds is 12. The Kier molecular flexibility index (Phi) is 9.86. The summed E-state index contributed by atoms with van der Waals surface area (Å²) in [5.41, 5.74) is 5.40. The molecule has 0 aromatic heterocycles. The summed E-state index contributed by atoms with van der Waals surface area (Å²) in [4.78, 5) is 54.3. The summed E-state index contributed by atoms with van der Waals surface area (Å²) >= 11 is 0. The lowest BCUT2D eigenvalue weighted by Crippen LogP contribution is -2.74. The van der Waals surface area contributed by atoms with Crippen LogP contribution in [0.5, 0.6) is 11.5 Å². The fraction of sp³-hybridized carbons (Fsp3) is 0.618. The molecule has 50 heavy (non-hydrogen) atoms. The third-order valence-electron chi connectivity index (χ3n) is 11.1. The van der Waals surface area contributed by atoms with Crippen molar-refractivity contribution in [1.82, 2.24) is 25.8 Å². The standard InChI is InChI=1S/C34H47N7O9/c1-40-15-12-33-27-19-8-9-22(48-2)28(27)50-29(33)23(10-11-34(33,47)24(40)16-19)49-32(46)41-14-4-3-6-20(41)18-38-30(45)21(7-5-13-37-31(35)36)39-25(42)17-26(43)44/h8-10,20-21,24,29,47H,3-7,11-18H2,1-2H3,(H,38,45)(H,39,42)(H,43,44)(H4,35,36,37)/t20?,21-,24+,29-,33-,34+/m0/s1. The Balaban J connectivity index is 1.16. The Morgan fingerprint density at radius 2 is 2.00 bits per heavy atom. The van der Waals surface area contributed by atoms with Crippen molar-refractivity contribution in [3.63, 3.8) is 0 Å². The highest BCUT2D eigenvalue weighted by Crippen LogP contribution is 2.65. The first-order chi connectivity index (χ1) is 23.9. The summed E-state index contributed by atoms with van der Waals surface area (Å²) in [6.07, 6.45) is 3.98. The van der Waals surface area contributed by atoms with Crippen LogP contribution in [0.3, 0.4) is 0 Å². The quantitative estimate of drug-likeness (QED) is 0.0678. The van der Waals surface area contributed by atoms with Gasteiger partial charge in [-0.3, -0.25) is 19.8 Å². The van der Waals surface area contributed by atoms with Crippen LogP contribution >= 0.6 is 0 Å². The number of benzene rings is 1. The van der Waals surface area contributed by atoms with Gasteiger partial charge in [0.2, 0.25) is 11.8 Å². The number of piperidine rings is 2. The minimum atomic E-state index is -1.32. The average molecular weight is 698 g/mol. The molecule has 3 amide bonds. The van der Waals surface area contributed by atoms with E-state index in [-0.39, 0.29) is 37.9 Å². The number of nitrogens with zero attached hydrogens (tertiary/aromatic N) is 2. The maximum absolute atomic E-state index is 13.9. The van der Waals surface area contributed by atoms with Gasteiger partial charge in [-0.15, -0.1) is 0 Å². The predicted octanol–water partition coefficient (Wildman–Crippen LogP) is 0.303. The van der Waals surface area contributed by atoms with Gasteiger partial charge in [0.05, 0.1) is 24.2 Å². The Morgan fingerprint density at radius 3 is 2.74 bits per heavy atom. The van der Waals surface area contributed by atoms with Crippen LogP contribution in [0.4, 0.5) is 4.79 Å². The van der Waals surface area contributed by atoms with Gasteiger partial charge in [0.25, 0.3) is 0 Å². The smallest absolute Gasteiger partial charge is 0.415 e. The van der Waals surface area contributed by atoms with Crippen LogP contribution in [0.2, 0.25) is 0 Å². The van der Waals surface area contributed by atoms with Crippen LogP contribution in [0.15, 0.2) is 24.0 Å². The maximum Gasteiger partial charge on any atom is 0.415 e. The van der Waals surface area contributed by atoms with Crippen molar-refractivity contribution < 1.29 is 43.6 Å². The molecule has 272 valence electrons. The molecule has 6 atom stereocenters. The number of methoxy groups -OCH3 is 1. The van der Waals surface area contributed by atoms with Crippen molar-refractivity contribution in [3.05, 3.63) is 35.1 Å². The minimum Gasteiger partial charge on any atom is -0.493 e. The highest BCUT2D eigenvalue weighted by Gasteiger charge is 2.72. The molecular formula is C34H47N7O9. The fourth-order valence-corrected chi connectivity index (χ4v) is 8.72. The molecular weight excluding hydrogens is 650 g/mol. The second-order valence-corrected chi connectivity index (χ2v) is 13.9. The number of aliphatic carboxylic acids is 1. The summed E-state index contributed by atoms with van der Waals surface area (Å²) in [7, 11) is 3.61. The number of carboxylic acids is 1. The number of hydrogen-bond donors (Lipinski definition) is 7. The lowest BCUT2D eigenvalue weighted by atomic mass is 9.50. The van der Waals surface area contributed by atoms with Crippen LogP contribution in [0.1, 0.15) is 62.5 Å². The number of ether oxygens (including phenoxy) is 3. The van der Waals surface area contributed by atoms with Gasteiger partial charge in [-0.05, 0) is 76.2 Å². The van der Waals surface area contributed by atoms with Crippen LogP contribution in [-0.2, 0) is 31.0 Å². The number of carbonyl (C=O) groups excluding carboxylic acids is 3. The number of likely N-dealkylation sites (tertiary alicyclic amines) is 2. The van der Waals surface area contributed by atoms with E-state index in [4.69, 9.17) is 30.5 Å². The number of nitrogens with one attached hydrogen (secondary N) is 4.